The predicted octanol–water partition coefficient (Wildman–Crippen LogP) is 2.34. The maximum absolute atomic E-state index is 10.7. The molecule has 0 aromatic heterocycles. The monoisotopic (exact) mass is 258 g/mol. The summed E-state index contributed by atoms with van der Waals surface area (Å²) in [5.74, 6) is 0. The van der Waals surface area contributed by atoms with E-state index in [1.807, 2.05) is 24.3 Å². The van der Waals surface area contributed by atoms with Crippen molar-refractivity contribution in [2.75, 3.05) is 0 Å². The zero-order valence-electron chi connectivity index (χ0n) is 8.47. The van der Waals surface area contributed by atoms with Gasteiger partial charge in [-0.2, -0.15) is 0 Å². The summed E-state index contributed by atoms with van der Waals surface area (Å²) < 4.78 is 11.7. The average Bonchev–Trinajstić information content (AvgIpc) is 2.30. The Morgan fingerprint density at radius 3 is 1.73 bits per heavy atom. The Labute approximate surface area is 96.1 Å². The van der Waals surface area contributed by atoms with Crippen LogP contribution in [0.5, 0.6) is 0 Å². The minimum atomic E-state index is -0.898. The summed E-state index contributed by atoms with van der Waals surface area (Å²) in [6, 6.07) is 16.3. The molecule has 0 heterocycles. The fraction of sp³-hybridized carbons (Fsp3) is 0.0769. The van der Waals surface area contributed by atoms with Crippen LogP contribution in [-0.4, -0.2) is 15.7 Å². The summed E-state index contributed by atoms with van der Waals surface area (Å²) in [7, 11) is 0. The Kier molecular flexibility index (Phi) is 3.13. The van der Waals surface area contributed by atoms with Crippen LogP contribution in [0.2, 0.25) is 0 Å². The van der Waals surface area contributed by atoms with Crippen molar-refractivity contribution in [3.8, 4) is 11.1 Å². The normalized spacial score (nSPS) is 10.5. The number of benzene rings is 2. The third-order valence-corrected chi connectivity index (χ3v) is 3.43. The Hall–Kier alpha value is -1.20. The zero-order valence-corrected chi connectivity index (χ0v) is 10.4. The summed E-state index contributed by atoms with van der Waals surface area (Å²) in [5.41, 5.74) is 3.64. The van der Waals surface area contributed by atoms with Crippen molar-refractivity contribution in [2.24, 2.45) is 0 Å². The van der Waals surface area contributed by atoms with E-state index in [1.165, 1.54) is 16.7 Å². The minimum absolute atomic E-state index is 0.898. The van der Waals surface area contributed by atoms with Crippen LogP contribution in [0.3, 0.4) is 0 Å². The van der Waals surface area contributed by atoms with Gasteiger partial charge in [0.05, 0.1) is 0 Å². The van der Waals surface area contributed by atoms with E-state index in [0.717, 1.165) is 4.35 Å². The Balaban J connectivity index is 2.37. The van der Waals surface area contributed by atoms with E-state index in [9.17, 15) is 3.74 Å². The summed E-state index contributed by atoms with van der Waals surface area (Å²) >= 11 is -0.898. The van der Waals surface area contributed by atoms with E-state index >= 15 is 0 Å². The molecule has 1 nitrogen and oxygen atoms in total. The zero-order chi connectivity index (χ0) is 10.7. The molecule has 0 saturated heterocycles. The van der Waals surface area contributed by atoms with E-state index in [2.05, 4.69) is 31.2 Å². The summed E-state index contributed by atoms with van der Waals surface area (Å²) in [4.78, 5) is 0. The van der Waals surface area contributed by atoms with E-state index in [4.69, 9.17) is 0 Å². The molecule has 0 atom stereocenters. The Bertz CT molecular complexity index is 457. The molecule has 2 aromatic rings. The van der Waals surface area contributed by atoms with Gasteiger partial charge in [-0.1, -0.05) is 0 Å². The van der Waals surface area contributed by atoms with Gasteiger partial charge < -0.3 is 0 Å². The molecule has 0 amide bonds. The second-order valence-electron chi connectivity index (χ2n) is 3.50. The number of hydrogen-bond donors (Lipinski definition) is 0. The summed E-state index contributed by atoms with van der Waals surface area (Å²) in [5, 5.41) is 0. The second kappa shape index (κ2) is 4.55. The molecule has 0 saturated carbocycles. The van der Waals surface area contributed by atoms with Gasteiger partial charge in [0, 0.05) is 0 Å². The second-order valence-corrected chi connectivity index (χ2v) is 4.97. The van der Waals surface area contributed by atoms with Crippen LogP contribution in [-0.2, 0) is 3.74 Å². The van der Waals surface area contributed by atoms with Gasteiger partial charge >= 0.3 is 95.9 Å². The molecule has 2 aromatic carbocycles. The Morgan fingerprint density at radius 2 is 1.27 bits per heavy atom. The van der Waals surface area contributed by atoms with Crippen molar-refractivity contribution in [1.29, 1.82) is 0 Å². The molecular weight excluding hydrogens is 247 g/mol. The average molecular weight is 258 g/mol. The van der Waals surface area contributed by atoms with Gasteiger partial charge in [0.15, 0.2) is 0 Å². The molecule has 0 fully saturated rings. The topological polar surface area (TPSA) is 17.1 Å². The van der Waals surface area contributed by atoms with Crippen LogP contribution in [0.25, 0.3) is 11.1 Å². The van der Waals surface area contributed by atoms with Gasteiger partial charge in [-0.3, -0.25) is 0 Å². The molecule has 0 aliphatic rings. The molecule has 2 heteroatoms. The van der Waals surface area contributed by atoms with E-state index in [-0.39, 0.29) is 0 Å². The van der Waals surface area contributed by atoms with Crippen LogP contribution in [0.4, 0.5) is 0 Å². The number of aryl methyl sites for hydroxylation is 1. The van der Waals surface area contributed by atoms with Crippen molar-refractivity contribution >= 4 is 20.0 Å². The van der Waals surface area contributed by atoms with Crippen molar-refractivity contribution in [3.63, 3.8) is 0 Å². The first kappa shape index (κ1) is 10.3. The molecule has 2 rings (SSSR count). The standard InChI is InChI=1S/C13H11AsO/c1-10-2-4-11(5-3-10)12-6-8-13(14-15)9-7-12/h2-9H,1H3. The fourth-order valence-electron chi connectivity index (χ4n) is 1.46. The maximum atomic E-state index is 10.7. The quantitative estimate of drug-likeness (QED) is 0.755. The van der Waals surface area contributed by atoms with Gasteiger partial charge in [0.2, 0.25) is 0 Å². The molecule has 15 heavy (non-hydrogen) atoms. The first-order valence-electron chi connectivity index (χ1n) is 4.80. The third-order valence-electron chi connectivity index (χ3n) is 2.36. The van der Waals surface area contributed by atoms with Gasteiger partial charge in [-0.15, -0.1) is 0 Å². The van der Waals surface area contributed by atoms with E-state index in [0.29, 0.717) is 0 Å². The molecule has 0 bridgehead atoms. The number of hydrogen-bond acceptors (Lipinski definition) is 1. The predicted molar refractivity (Wildman–Crippen MR) is 62.7 cm³/mol. The van der Waals surface area contributed by atoms with Crippen LogP contribution in [0, 0.1) is 6.92 Å². The van der Waals surface area contributed by atoms with Gasteiger partial charge in [0.25, 0.3) is 0 Å². The molecule has 0 aliphatic heterocycles. The van der Waals surface area contributed by atoms with Crippen LogP contribution >= 0.6 is 0 Å². The van der Waals surface area contributed by atoms with Gasteiger partial charge in [-0.25, -0.2) is 0 Å². The number of rotatable bonds is 2. The Morgan fingerprint density at radius 1 is 0.800 bits per heavy atom. The molecule has 0 spiro atoms. The van der Waals surface area contributed by atoms with Crippen molar-refractivity contribution < 1.29 is 3.74 Å². The third kappa shape index (κ3) is 2.43. The van der Waals surface area contributed by atoms with Crippen molar-refractivity contribution in [2.45, 2.75) is 6.92 Å². The van der Waals surface area contributed by atoms with Crippen LogP contribution in [0.15, 0.2) is 48.5 Å². The van der Waals surface area contributed by atoms with Crippen molar-refractivity contribution in [3.05, 3.63) is 54.1 Å². The van der Waals surface area contributed by atoms with Crippen LogP contribution < -0.4 is 4.35 Å². The SMILES string of the molecule is Cc1ccc(-c2ccc([As]=O)cc2)cc1. The molecule has 0 unspecified atom stereocenters. The fourth-order valence-corrected chi connectivity index (χ4v) is 2.03. The van der Waals surface area contributed by atoms with E-state index in [1.54, 1.807) is 0 Å². The summed E-state index contributed by atoms with van der Waals surface area (Å²) in [6.07, 6.45) is 0. The van der Waals surface area contributed by atoms with Crippen molar-refractivity contribution in [1.82, 2.24) is 0 Å². The summed E-state index contributed by atoms with van der Waals surface area (Å²) in [6.45, 7) is 2.08. The molecule has 0 radical (unpaired) electrons. The van der Waals surface area contributed by atoms with Crippen LogP contribution in [0.1, 0.15) is 5.56 Å². The van der Waals surface area contributed by atoms with Gasteiger partial charge in [0.1, 0.15) is 0 Å². The molecule has 0 N–H and O–H groups in total. The molecule has 74 valence electrons. The first-order valence-corrected chi connectivity index (χ1v) is 6.50. The first-order chi connectivity index (χ1) is 7.29. The van der Waals surface area contributed by atoms with Gasteiger partial charge in [-0.05, 0) is 0 Å². The molecule has 0 aliphatic carbocycles. The molecular formula is C13H11AsO. The van der Waals surface area contributed by atoms with E-state index < -0.39 is 15.7 Å².